The van der Waals surface area contributed by atoms with Crippen molar-refractivity contribution in [2.24, 2.45) is 0 Å². The molecule has 0 bridgehead atoms. The Morgan fingerprint density at radius 1 is 1.50 bits per heavy atom. The van der Waals surface area contributed by atoms with Gasteiger partial charge >= 0.3 is 0 Å². The lowest BCUT2D eigenvalue weighted by Gasteiger charge is -2.04. The summed E-state index contributed by atoms with van der Waals surface area (Å²) >= 11 is 0. The number of rotatable bonds is 2. The molecule has 4 nitrogen and oxygen atoms in total. The molecule has 0 saturated heterocycles. The van der Waals surface area contributed by atoms with E-state index >= 15 is 0 Å². The number of hydrogen-bond donors (Lipinski definition) is 0. The maximum atomic E-state index is 13.4. The second kappa shape index (κ2) is 3.84. The molecule has 0 spiro atoms. The maximum absolute atomic E-state index is 13.4. The lowest BCUT2D eigenvalue weighted by molar-refractivity contribution is -0.117. The molecule has 16 heavy (non-hydrogen) atoms. The van der Waals surface area contributed by atoms with E-state index in [1.807, 2.05) is 0 Å². The molecule has 0 aliphatic rings. The van der Waals surface area contributed by atoms with Gasteiger partial charge in [0.05, 0.1) is 18.4 Å². The van der Waals surface area contributed by atoms with E-state index < -0.39 is 11.4 Å². The summed E-state index contributed by atoms with van der Waals surface area (Å²) in [7, 11) is 0. The molecule has 0 radical (unpaired) electrons. The number of benzene rings is 1. The van der Waals surface area contributed by atoms with Crippen LogP contribution in [0.1, 0.15) is 6.92 Å². The zero-order valence-electron chi connectivity index (χ0n) is 8.61. The van der Waals surface area contributed by atoms with Crippen molar-refractivity contribution < 1.29 is 9.18 Å². The van der Waals surface area contributed by atoms with Gasteiger partial charge < -0.3 is 0 Å². The zero-order valence-corrected chi connectivity index (χ0v) is 8.61. The summed E-state index contributed by atoms with van der Waals surface area (Å²) in [6.07, 6.45) is 1.26. The summed E-state index contributed by atoms with van der Waals surface area (Å²) < 4.78 is 14.5. The van der Waals surface area contributed by atoms with Crippen molar-refractivity contribution in [2.45, 2.75) is 13.5 Å². The summed E-state index contributed by atoms with van der Waals surface area (Å²) in [6, 6.07) is 4.24. The van der Waals surface area contributed by atoms with Crippen molar-refractivity contribution in [3.8, 4) is 0 Å². The van der Waals surface area contributed by atoms with E-state index in [1.54, 1.807) is 6.07 Å². The molecule has 0 fully saturated rings. The first-order chi connectivity index (χ1) is 7.59. The van der Waals surface area contributed by atoms with Crippen LogP contribution in [0.2, 0.25) is 0 Å². The molecule has 0 atom stereocenters. The number of aromatic nitrogens is 2. The lowest BCUT2D eigenvalue weighted by atomic mass is 10.2. The van der Waals surface area contributed by atoms with Gasteiger partial charge in [-0.15, -0.1) is 0 Å². The van der Waals surface area contributed by atoms with Crippen molar-refractivity contribution in [1.82, 2.24) is 9.55 Å². The van der Waals surface area contributed by atoms with E-state index in [1.165, 1.54) is 25.4 Å². The highest BCUT2D eigenvalue weighted by Gasteiger charge is 2.09. The van der Waals surface area contributed by atoms with Crippen molar-refractivity contribution in [2.75, 3.05) is 0 Å². The number of ketones is 1. The Bertz CT molecular complexity index is 619. The van der Waals surface area contributed by atoms with Gasteiger partial charge in [-0.05, 0) is 19.1 Å². The second-order valence-electron chi connectivity index (χ2n) is 3.51. The van der Waals surface area contributed by atoms with Crippen molar-refractivity contribution in [3.05, 3.63) is 40.7 Å². The molecule has 2 aromatic rings. The average molecular weight is 220 g/mol. The van der Waals surface area contributed by atoms with E-state index in [4.69, 9.17) is 0 Å². The Labute approximate surface area is 90.3 Å². The largest absolute Gasteiger partial charge is 0.298 e. The van der Waals surface area contributed by atoms with Gasteiger partial charge in [-0.3, -0.25) is 14.2 Å². The fourth-order valence-electron chi connectivity index (χ4n) is 1.51. The van der Waals surface area contributed by atoms with Crippen molar-refractivity contribution in [1.29, 1.82) is 0 Å². The van der Waals surface area contributed by atoms with Gasteiger partial charge in [0.1, 0.15) is 17.0 Å². The Morgan fingerprint density at radius 2 is 2.25 bits per heavy atom. The quantitative estimate of drug-likeness (QED) is 0.762. The summed E-state index contributed by atoms with van der Waals surface area (Å²) in [5.41, 5.74) is -0.233. The molecule has 0 amide bonds. The smallest absolute Gasteiger partial charge is 0.264 e. The first-order valence-corrected chi connectivity index (χ1v) is 4.72. The highest BCUT2D eigenvalue weighted by Crippen LogP contribution is 2.10. The number of nitrogens with zero attached hydrogens (tertiary/aromatic N) is 2. The van der Waals surface area contributed by atoms with Crippen LogP contribution in [0.25, 0.3) is 10.9 Å². The first kappa shape index (κ1) is 10.5. The second-order valence-corrected chi connectivity index (χ2v) is 3.51. The molecule has 2 rings (SSSR count). The number of carbonyl (C=O) groups excluding carboxylic acids is 1. The Hall–Kier alpha value is -2.04. The Kier molecular flexibility index (Phi) is 2.52. The molecule has 5 heteroatoms. The van der Waals surface area contributed by atoms with Crippen LogP contribution in [0, 0.1) is 5.82 Å². The fraction of sp³-hybridized carbons (Fsp3) is 0.182. The first-order valence-electron chi connectivity index (χ1n) is 4.72. The van der Waals surface area contributed by atoms with E-state index in [2.05, 4.69) is 4.98 Å². The van der Waals surface area contributed by atoms with Crippen molar-refractivity contribution in [3.63, 3.8) is 0 Å². The lowest BCUT2D eigenvalue weighted by Crippen LogP contribution is -2.24. The number of carbonyl (C=O) groups is 1. The number of fused-ring (bicyclic) bond motifs is 1. The van der Waals surface area contributed by atoms with Crippen molar-refractivity contribution >= 4 is 16.7 Å². The summed E-state index contributed by atoms with van der Waals surface area (Å²) in [5, 5.41) is -0.0775. The number of halogens is 1. The van der Waals surface area contributed by atoms with Crippen LogP contribution < -0.4 is 5.56 Å². The minimum atomic E-state index is -0.618. The molecule has 0 unspecified atom stereocenters. The van der Waals surface area contributed by atoms with Gasteiger partial charge in [0.25, 0.3) is 5.56 Å². The zero-order chi connectivity index (χ0) is 11.7. The predicted molar refractivity (Wildman–Crippen MR) is 56.6 cm³/mol. The normalized spacial score (nSPS) is 10.6. The Morgan fingerprint density at radius 3 is 2.94 bits per heavy atom. The predicted octanol–water partition coefficient (Wildman–Crippen LogP) is 1.12. The molecule has 0 saturated carbocycles. The van der Waals surface area contributed by atoms with E-state index in [0.29, 0.717) is 5.52 Å². The Balaban J connectivity index is 2.73. The molecule has 1 heterocycles. The highest BCUT2D eigenvalue weighted by atomic mass is 19.1. The summed E-state index contributed by atoms with van der Waals surface area (Å²) in [6.45, 7) is 1.27. The molecule has 0 aliphatic heterocycles. The highest BCUT2D eigenvalue weighted by molar-refractivity contribution is 5.79. The van der Waals surface area contributed by atoms with Gasteiger partial charge in [0, 0.05) is 0 Å². The van der Waals surface area contributed by atoms with Crippen LogP contribution in [-0.4, -0.2) is 15.3 Å². The standard InChI is InChI=1S/C11H9FN2O2/c1-7(15)5-14-6-13-9-4-2-3-8(12)10(9)11(14)16/h2-4,6H,5H2,1H3. The minimum absolute atomic E-state index is 0.0775. The molecule has 0 N–H and O–H groups in total. The van der Waals surface area contributed by atoms with Crippen LogP contribution in [0.4, 0.5) is 4.39 Å². The van der Waals surface area contributed by atoms with Crippen LogP contribution in [0.15, 0.2) is 29.3 Å². The van der Waals surface area contributed by atoms with Crippen LogP contribution in [-0.2, 0) is 11.3 Å². The van der Waals surface area contributed by atoms with Crippen LogP contribution >= 0.6 is 0 Å². The van der Waals surface area contributed by atoms with Crippen LogP contribution in [0.5, 0.6) is 0 Å². The third-order valence-corrected chi connectivity index (χ3v) is 2.20. The van der Waals surface area contributed by atoms with Crippen LogP contribution in [0.3, 0.4) is 0 Å². The summed E-state index contributed by atoms with van der Waals surface area (Å²) in [4.78, 5) is 26.6. The molecule has 82 valence electrons. The number of hydrogen-bond acceptors (Lipinski definition) is 3. The van der Waals surface area contributed by atoms with Gasteiger partial charge in [0.2, 0.25) is 0 Å². The topological polar surface area (TPSA) is 52.0 Å². The minimum Gasteiger partial charge on any atom is -0.298 e. The molecular formula is C11H9FN2O2. The third kappa shape index (κ3) is 1.71. The average Bonchev–Trinajstić information content (AvgIpc) is 2.22. The third-order valence-electron chi connectivity index (χ3n) is 2.20. The van der Waals surface area contributed by atoms with Gasteiger partial charge in [-0.2, -0.15) is 0 Å². The van der Waals surface area contributed by atoms with Gasteiger partial charge in [-0.25, -0.2) is 9.37 Å². The van der Waals surface area contributed by atoms with E-state index in [-0.39, 0.29) is 17.7 Å². The van der Waals surface area contributed by atoms with E-state index in [9.17, 15) is 14.0 Å². The van der Waals surface area contributed by atoms with Gasteiger partial charge in [0.15, 0.2) is 0 Å². The fourth-order valence-corrected chi connectivity index (χ4v) is 1.51. The molecule has 0 aliphatic carbocycles. The monoisotopic (exact) mass is 220 g/mol. The molecule has 1 aromatic carbocycles. The molecular weight excluding hydrogens is 211 g/mol. The number of Topliss-reactive ketones (excluding diaryl/α,β-unsaturated/α-hetero) is 1. The molecule has 1 aromatic heterocycles. The SMILES string of the molecule is CC(=O)Cn1cnc2cccc(F)c2c1=O. The maximum Gasteiger partial charge on any atom is 0.264 e. The van der Waals surface area contributed by atoms with Gasteiger partial charge in [-0.1, -0.05) is 6.07 Å². The summed E-state index contributed by atoms with van der Waals surface area (Å²) in [5.74, 6) is -0.799. The van der Waals surface area contributed by atoms with E-state index in [0.717, 1.165) is 4.57 Å².